The Labute approximate surface area is 130 Å². The van der Waals surface area contributed by atoms with Gasteiger partial charge >= 0.3 is 5.69 Å². The highest BCUT2D eigenvalue weighted by Crippen LogP contribution is 2.41. The van der Waals surface area contributed by atoms with Crippen molar-refractivity contribution in [2.75, 3.05) is 5.32 Å². The van der Waals surface area contributed by atoms with E-state index in [2.05, 4.69) is 5.32 Å². The molecular weight excluding hydrogens is 286 g/mol. The number of hydrogen-bond acceptors (Lipinski definition) is 5. The molecule has 0 fully saturated rings. The summed E-state index contributed by atoms with van der Waals surface area (Å²) in [7, 11) is 0. The smallest absolute Gasteiger partial charge is 0.302 e. The third-order valence-corrected chi connectivity index (χ3v) is 3.91. The van der Waals surface area contributed by atoms with Crippen LogP contribution in [0.2, 0.25) is 0 Å². The molecule has 0 aromatic heterocycles. The molecule has 7 heteroatoms. The van der Waals surface area contributed by atoms with Gasteiger partial charge in [-0.05, 0) is 31.2 Å². The van der Waals surface area contributed by atoms with Crippen LogP contribution in [0.5, 0.6) is 0 Å². The van der Waals surface area contributed by atoms with Crippen LogP contribution in [0.25, 0.3) is 0 Å². The predicted octanol–water partition coefficient (Wildman–Crippen LogP) is 4.54. The van der Waals surface area contributed by atoms with E-state index in [1.807, 2.05) is 27.7 Å². The van der Waals surface area contributed by atoms with Crippen molar-refractivity contribution in [3.05, 3.63) is 37.4 Å². The number of anilines is 1. The molecule has 1 rings (SSSR count). The Bertz CT molecular complexity index is 581. The summed E-state index contributed by atoms with van der Waals surface area (Å²) in [6.45, 7) is 9.26. The van der Waals surface area contributed by atoms with E-state index in [-0.39, 0.29) is 29.0 Å². The molecule has 1 aromatic rings. The molecule has 122 valence electrons. The van der Waals surface area contributed by atoms with E-state index in [0.717, 1.165) is 12.8 Å². The average molecular weight is 309 g/mol. The van der Waals surface area contributed by atoms with Gasteiger partial charge in [0.2, 0.25) is 0 Å². The first-order chi connectivity index (χ1) is 10.2. The topological polar surface area (TPSA) is 98.3 Å². The summed E-state index contributed by atoms with van der Waals surface area (Å²) in [4.78, 5) is 21.8. The van der Waals surface area contributed by atoms with Crippen molar-refractivity contribution in [3.8, 4) is 0 Å². The van der Waals surface area contributed by atoms with Crippen molar-refractivity contribution in [3.63, 3.8) is 0 Å². The number of hydrogen-bond donors (Lipinski definition) is 1. The van der Waals surface area contributed by atoms with Gasteiger partial charge < -0.3 is 5.32 Å². The lowest BCUT2D eigenvalue weighted by molar-refractivity contribution is -0.392. The Kier molecular flexibility index (Phi) is 5.84. The lowest BCUT2D eigenvalue weighted by Gasteiger charge is -2.19. The molecule has 7 nitrogen and oxygen atoms in total. The van der Waals surface area contributed by atoms with Crippen LogP contribution in [0.4, 0.5) is 17.1 Å². The summed E-state index contributed by atoms with van der Waals surface area (Å²) < 4.78 is 0. The summed E-state index contributed by atoms with van der Waals surface area (Å²) in [5, 5.41) is 25.9. The molecule has 1 aromatic carbocycles. The van der Waals surface area contributed by atoms with E-state index in [4.69, 9.17) is 0 Å². The van der Waals surface area contributed by atoms with Gasteiger partial charge in [0.1, 0.15) is 0 Å². The number of nitrogens with zero attached hydrogens (tertiary/aromatic N) is 2. The van der Waals surface area contributed by atoms with Crippen LogP contribution in [-0.4, -0.2) is 15.9 Å². The highest BCUT2D eigenvalue weighted by molar-refractivity contribution is 5.78. The number of nitrogens with one attached hydrogen (secondary N) is 1. The van der Waals surface area contributed by atoms with Gasteiger partial charge in [0.05, 0.1) is 9.85 Å². The first-order valence-electron chi connectivity index (χ1n) is 7.47. The molecule has 0 saturated heterocycles. The maximum Gasteiger partial charge on any atom is 0.302 e. The van der Waals surface area contributed by atoms with Crippen molar-refractivity contribution in [1.82, 2.24) is 0 Å². The van der Waals surface area contributed by atoms with Crippen molar-refractivity contribution < 1.29 is 9.85 Å². The van der Waals surface area contributed by atoms with Gasteiger partial charge in [0, 0.05) is 17.7 Å². The molecule has 0 aliphatic heterocycles. The normalized spacial score (nSPS) is 11.0. The predicted molar refractivity (Wildman–Crippen MR) is 86.6 cm³/mol. The number of nitro groups is 2. The number of rotatable bonds is 7. The Morgan fingerprint density at radius 2 is 1.68 bits per heavy atom. The SMILES string of the molecule is CCC(CC)Nc1c([N+](=O)[O-])cc(C(C)C)c(C)c1[N+](=O)[O-]. The maximum atomic E-state index is 11.5. The lowest BCUT2D eigenvalue weighted by atomic mass is 9.94. The second-order valence-corrected chi connectivity index (χ2v) is 5.66. The highest BCUT2D eigenvalue weighted by Gasteiger charge is 2.31. The van der Waals surface area contributed by atoms with Crippen LogP contribution in [0.3, 0.4) is 0 Å². The molecular formula is C15H23N3O4. The fraction of sp³-hybridized carbons (Fsp3) is 0.600. The van der Waals surface area contributed by atoms with Crippen LogP contribution >= 0.6 is 0 Å². The minimum atomic E-state index is -0.553. The van der Waals surface area contributed by atoms with E-state index >= 15 is 0 Å². The lowest BCUT2D eigenvalue weighted by Crippen LogP contribution is -2.19. The van der Waals surface area contributed by atoms with Crippen molar-refractivity contribution in [2.45, 2.75) is 59.4 Å². The van der Waals surface area contributed by atoms with Crippen LogP contribution in [0.1, 0.15) is 57.6 Å². The molecule has 0 unspecified atom stereocenters. The summed E-state index contributed by atoms with van der Waals surface area (Å²) in [6, 6.07) is 1.42. The molecule has 1 N–H and O–H groups in total. The first-order valence-corrected chi connectivity index (χ1v) is 7.47. The molecule has 22 heavy (non-hydrogen) atoms. The summed E-state index contributed by atoms with van der Waals surface area (Å²) in [5.74, 6) is -0.0282. The zero-order chi connectivity index (χ0) is 17.0. The zero-order valence-electron chi connectivity index (χ0n) is 13.7. The Morgan fingerprint density at radius 1 is 1.14 bits per heavy atom. The van der Waals surface area contributed by atoms with E-state index in [9.17, 15) is 20.2 Å². The fourth-order valence-corrected chi connectivity index (χ4v) is 2.58. The molecule has 0 aliphatic rings. The van der Waals surface area contributed by atoms with Crippen LogP contribution in [0.15, 0.2) is 6.07 Å². The Balaban J connectivity index is 3.66. The van der Waals surface area contributed by atoms with Crippen molar-refractivity contribution in [1.29, 1.82) is 0 Å². The molecule has 0 amide bonds. The van der Waals surface area contributed by atoms with E-state index in [0.29, 0.717) is 11.1 Å². The minimum Gasteiger partial charge on any atom is -0.371 e. The highest BCUT2D eigenvalue weighted by atomic mass is 16.6. The minimum absolute atomic E-state index is 0.0191. The van der Waals surface area contributed by atoms with Gasteiger partial charge in [-0.15, -0.1) is 0 Å². The third kappa shape index (κ3) is 3.52. The largest absolute Gasteiger partial charge is 0.371 e. The standard InChI is InChI=1S/C15H23N3O4/c1-6-11(7-2)16-14-13(17(19)20)8-12(9(3)4)10(5)15(14)18(21)22/h8-9,11,16H,6-7H2,1-5H3. The monoisotopic (exact) mass is 309 g/mol. The zero-order valence-corrected chi connectivity index (χ0v) is 13.7. The van der Waals surface area contributed by atoms with Gasteiger partial charge in [-0.1, -0.05) is 27.7 Å². The Morgan fingerprint density at radius 3 is 2.05 bits per heavy atom. The van der Waals surface area contributed by atoms with E-state index in [1.54, 1.807) is 6.92 Å². The second-order valence-electron chi connectivity index (χ2n) is 5.66. The molecule has 0 heterocycles. The van der Waals surface area contributed by atoms with Crippen molar-refractivity contribution in [2.24, 2.45) is 0 Å². The molecule has 0 atom stereocenters. The van der Waals surface area contributed by atoms with Crippen LogP contribution in [-0.2, 0) is 0 Å². The first kappa shape index (κ1) is 17.9. The number of benzene rings is 1. The van der Waals surface area contributed by atoms with Crippen LogP contribution < -0.4 is 5.32 Å². The molecule has 0 bridgehead atoms. The maximum absolute atomic E-state index is 11.5. The van der Waals surface area contributed by atoms with Crippen LogP contribution in [0, 0.1) is 27.2 Å². The Hall–Kier alpha value is -2.18. The summed E-state index contributed by atoms with van der Waals surface area (Å²) in [6.07, 6.45) is 1.46. The van der Waals surface area contributed by atoms with E-state index < -0.39 is 9.85 Å². The summed E-state index contributed by atoms with van der Waals surface area (Å²) in [5.41, 5.74) is 0.718. The third-order valence-electron chi connectivity index (χ3n) is 3.91. The van der Waals surface area contributed by atoms with Gasteiger partial charge in [-0.2, -0.15) is 0 Å². The molecule has 0 saturated carbocycles. The van der Waals surface area contributed by atoms with Gasteiger partial charge in [-0.25, -0.2) is 0 Å². The number of nitro benzene ring substituents is 2. The quantitative estimate of drug-likeness (QED) is 0.589. The van der Waals surface area contributed by atoms with Gasteiger partial charge in [0.15, 0.2) is 5.69 Å². The van der Waals surface area contributed by atoms with E-state index in [1.165, 1.54) is 6.07 Å². The summed E-state index contributed by atoms with van der Waals surface area (Å²) >= 11 is 0. The molecule has 0 radical (unpaired) electrons. The van der Waals surface area contributed by atoms with Crippen molar-refractivity contribution >= 4 is 17.1 Å². The second kappa shape index (κ2) is 7.20. The van der Waals surface area contributed by atoms with Gasteiger partial charge in [0.25, 0.3) is 5.69 Å². The average Bonchev–Trinajstić information content (AvgIpc) is 2.43. The fourth-order valence-electron chi connectivity index (χ4n) is 2.58. The molecule has 0 spiro atoms. The molecule has 0 aliphatic carbocycles. The van der Waals surface area contributed by atoms with Gasteiger partial charge in [-0.3, -0.25) is 20.2 Å².